The minimum Gasteiger partial charge on any atom is -0.382 e. The molecule has 28 N–H and O–H groups in total. The van der Waals surface area contributed by atoms with Gasteiger partial charge < -0.3 is 109 Å². The molecule has 1 heterocycles. The van der Waals surface area contributed by atoms with Crippen molar-refractivity contribution >= 4 is 70.9 Å². The van der Waals surface area contributed by atoms with E-state index in [1.807, 2.05) is 0 Å². The highest BCUT2D eigenvalue weighted by Crippen LogP contribution is 2.15. The van der Waals surface area contributed by atoms with Gasteiger partial charge in [-0.25, -0.2) is 9.97 Å². The molecule has 0 unspecified atom stereocenters. The number of hydrogen-bond donors (Lipinski definition) is 17. The van der Waals surface area contributed by atoms with Crippen molar-refractivity contribution in [3.63, 3.8) is 0 Å². The minimum atomic E-state index is -1.34. The Morgan fingerprint density at radius 3 is 1.14 bits per heavy atom. The molecule has 32 heteroatoms. The van der Waals surface area contributed by atoms with E-state index in [1.165, 1.54) is 7.05 Å². The second-order valence-electron chi connectivity index (χ2n) is 15.9. The molecule has 73 heavy (non-hydrogen) atoms. The zero-order chi connectivity index (χ0) is 54.6. The van der Waals surface area contributed by atoms with Crippen LogP contribution in [0, 0.1) is 0 Å². The zero-order valence-electron chi connectivity index (χ0n) is 41.6. The Morgan fingerprint density at radius 2 is 0.795 bits per heavy atom. The molecule has 32 nitrogen and oxygen atoms in total. The van der Waals surface area contributed by atoms with Crippen molar-refractivity contribution in [1.82, 2.24) is 41.9 Å². The van der Waals surface area contributed by atoms with Gasteiger partial charge >= 0.3 is 0 Å². The summed E-state index contributed by atoms with van der Waals surface area (Å²) in [5, 5.41) is 15.6. The largest absolute Gasteiger partial charge is 0.382 e. The Hall–Kier alpha value is -7.58. The van der Waals surface area contributed by atoms with E-state index in [2.05, 4.69) is 61.8 Å². The molecule has 1 aromatic heterocycles. The first-order valence-electron chi connectivity index (χ1n) is 23.6. The number of nitrogens with two attached hydrogens (primary N) is 11. The van der Waals surface area contributed by atoms with Gasteiger partial charge in [-0.15, -0.1) is 0 Å². The molecule has 0 aliphatic rings. The summed E-state index contributed by atoms with van der Waals surface area (Å²) in [5.74, 6) is -6.51. The predicted octanol–water partition coefficient (Wildman–Crippen LogP) is -7.33. The third-order valence-electron chi connectivity index (χ3n) is 9.92. The van der Waals surface area contributed by atoms with Gasteiger partial charge in [-0.2, -0.15) is 0 Å². The fraction of sp³-hybridized carbons (Fsp3) is 0.659. The Bertz CT molecular complexity index is 1990. The topological polar surface area (TPSA) is 564 Å². The molecule has 0 radical (unpaired) electrons. The number of nitrogens with one attached hydrogen (secondary N) is 6. The van der Waals surface area contributed by atoms with Gasteiger partial charge in [0.2, 0.25) is 23.6 Å². The van der Waals surface area contributed by atoms with Gasteiger partial charge in [0.05, 0.1) is 26.4 Å². The maximum Gasteiger partial charge on any atom is 0.274 e. The van der Waals surface area contributed by atoms with Crippen LogP contribution in [0.15, 0.2) is 20.0 Å². The number of nitrogens with zero attached hydrogens (tertiary/aromatic N) is 6. The second-order valence-corrected chi connectivity index (χ2v) is 15.9. The lowest BCUT2D eigenvalue weighted by Crippen LogP contribution is -2.54. The third-order valence-corrected chi connectivity index (χ3v) is 9.92. The van der Waals surface area contributed by atoms with Crippen LogP contribution in [0.4, 0.5) is 11.6 Å². The van der Waals surface area contributed by atoms with Crippen molar-refractivity contribution in [1.29, 1.82) is 0 Å². The molecule has 6 amide bonds. The minimum absolute atomic E-state index is 0.0308. The highest BCUT2D eigenvalue weighted by molar-refractivity contribution is 6.03. The molecule has 0 spiro atoms. The van der Waals surface area contributed by atoms with Gasteiger partial charge in [-0.05, 0) is 70.8 Å². The Balaban J connectivity index is 3.26. The molecule has 0 aliphatic heterocycles. The second kappa shape index (κ2) is 37.2. The van der Waals surface area contributed by atoms with Crippen LogP contribution >= 0.6 is 0 Å². The predicted molar refractivity (Wildman–Crippen MR) is 275 cm³/mol. The van der Waals surface area contributed by atoms with Crippen LogP contribution < -0.4 is 95.0 Å². The fourth-order valence-corrected chi connectivity index (χ4v) is 6.29. The van der Waals surface area contributed by atoms with Gasteiger partial charge in [-0.1, -0.05) is 0 Å². The number of likely N-dealkylation sites (N-methyl/N-ethyl adjacent to an activating group) is 1. The van der Waals surface area contributed by atoms with E-state index < -0.39 is 82.6 Å². The van der Waals surface area contributed by atoms with E-state index in [1.54, 1.807) is 0 Å². The van der Waals surface area contributed by atoms with Gasteiger partial charge in [0.25, 0.3) is 11.8 Å². The van der Waals surface area contributed by atoms with Crippen molar-refractivity contribution < 1.29 is 43.0 Å². The van der Waals surface area contributed by atoms with Crippen molar-refractivity contribution in [2.75, 3.05) is 97.4 Å². The number of ether oxygens (including phenoxy) is 3. The van der Waals surface area contributed by atoms with Gasteiger partial charge in [0.15, 0.2) is 46.9 Å². The van der Waals surface area contributed by atoms with Crippen LogP contribution in [0.3, 0.4) is 0 Å². The molecular weight excluding hydrogens is 959 g/mol. The number of nitrogen functional groups attached to an aromatic ring is 2. The zero-order valence-corrected chi connectivity index (χ0v) is 41.6. The summed E-state index contributed by atoms with van der Waals surface area (Å²) < 4.78 is 16.4. The Morgan fingerprint density at radius 1 is 0.466 bits per heavy atom. The summed E-state index contributed by atoms with van der Waals surface area (Å²) in [6.07, 6.45) is 2.33. The van der Waals surface area contributed by atoms with E-state index in [4.69, 9.17) is 77.3 Å². The third kappa shape index (κ3) is 28.8. The van der Waals surface area contributed by atoms with E-state index in [9.17, 15) is 28.8 Å². The molecule has 0 saturated carbocycles. The van der Waals surface area contributed by atoms with Crippen molar-refractivity contribution in [3.8, 4) is 0 Å². The normalized spacial score (nSPS) is 12.4. The molecule has 4 atom stereocenters. The average molecular weight is 1040 g/mol. The number of rotatable bonds is 39. The van der Waals surface area contributed by atoms with E-state index in [0.29, 0.717) is 59.0 Å². The van der Waals surface area contributed by atoms with E-state index >= 15 is 0 Å². The lowest BCUT2D eigenvalue weighted by molar-refractivity contribution is -0.130. The molecule has 0 saturated heterocycles. The smallest absolute Gasteiger partial charge is 0.274 e. The molecule has 412 valence electrons. The number of guanidine groups is 4. The SMILES string of the molecule is CNC(=O)[C@H](CCCN=C(N)N)NC(=O)[C@H](CCCN=C(N)N)NC(=O)c1nc(N)c(C(=O)N[C@@H](CCCN=C(N)N)C(=O)N[C@@H](CCCN=C(N)N)C(=O)NCCCOCCOCCOCCCN)nc1N. The highest BCUT2D eigenvalue weighted by Gasteiger charge is 2.31. The summed E-state index contributed by atoms with van der Waals surface area (Å²) >= 11 is 0. The van der Waals surface area contributed by atoms with Crippen molar-refractivity contribution in [2.24, 2.45) is 71.6 Å². The fourth-order valence-electron chi connectivity index (χ4n) is 6.29. The number of aliphatic imine (C=N–C) groups is 4. The van der Waals surface area contributed by atoms with Crippen LogP contribution in [0.5, 0.6) is 0 Å². The van der Waals surface area contributed by atoms with Crippen LogP contribution in [-0.4, -0.2) is 179 Å². The van der Waals surface area contributed by atoms with Gasteiger partial charge in [0.1, 0.15) is 24.2 Å². The molecule has 1 rings (SSSR count). The maximum atomic E-state index is 13.9. The Kier molecular flexibility index (Phi) is 32.4. The quantitative estimate of drug-likeness (QED) is 0.0165. The average Bonchev–Trinajstić information content (AvgIpc) is 3.33. The Labute approximate surface area is 423 Å². The molecular formula is C41H79N23O9. The monoisotopic (exact) mass is 1040 g/mol. The van der Waals surface area contributed by atoms with Crippen LogP contribution in [-0.2, 0) is 33.4 Å². The number of hydrogen-bond acceptors (Lipinski definition) is 18. The van der Waals surface area contributed by atoms with Crippen LogP contribution in [0.2, 0.25) is 0 Å². The molecule has 0 aliphatic carbocycles. The van der Waals surface area contributed by atoms with Gasteiger partial charge in [-0.3, -0.25) is 48.7 Å². The molecule has 0 aromatic carbocycles. The summed E-state index contributed by atoms with van der Waals surface area (Å²) in [6, 6.07) is -4.80. The number of anilines is 2. The highest BCUT2D eigenvalue weighted by atomic mass is 16.5. The lowest BCUT2D eigenvalue weighted by atomic mass is 10.1. The molecule has 0 bridgehead atoms. The van der Waals surface area contributed by atoms with Crippen LogP contribution in [0.25, 0.3) is 0 Å². The number of amides is 6. The number of carbonyl (C=O) groups excluding carboxylic acids is 6. The number of aromatic nitrogens is 2. The maximum absolute atomic E-state index is 13.9. The van der Waals surface area contributed by atoms with Crippen molar-refractivity contribution in [2.45, 2.75) is 88.4 Å². The van der Waals surface area contributed by atoms with Crippen molar-refractivity contribution in [3.05, 3.63) is 11.4 Å². The van der Waals surface area contributed by atoms with E-state index in [0.717, 1.165) is 6.42 Å². The molecule has 1 aromatic rings. The standard InChI is InChI=1S/C41H79N23O9/c1-53-32(65)24(8-2-13-55-38(45)46)59-34(67)26(10-4-15-57-40(49)50)61-36(69)28-30(43)64-29(31(44)63-28)37(70)62-27(11-5-16-58-41(51)52)35(68)60-25(9-3-14-56-39(47)48)33(66)54-17-7-19-72-21-23-73-22-20-71-18-6-12-42/h24-27H,2-23,42H2,1H3,(H2,43,64)(H2,44,63)(H,53,65)(H,54,66)(H,59,67)(H,60,68)(H,61,69)(H,62,70)(H4,45,46,55)(H4,47,48,56)(H4,49,50,57)(H4,51,52,58)/t24-,25-,26-,27-/m0/s1. The first-order valence-corrected chi connectivity index (χ1v) is 23.6. The lowest BCUT2D eigenvalue weighted by Gasteiger charge is -2.23. The van der Waals surface area contributed by atoms with Gasteiger partial charge in [0, 0.05) is 53.0 Å². The first kappa shape index (κ1) is 63.4. The summed E-state index contributed by atoms with van der Waals surface area (Å²) in [7, 11) is 1.38. The summed E-state index contributed by atoms with van der Waals surface area (Å²) in [5.41, 5.74) is 60.2. The summed E-state index contributed by atoms with van der Waals surface area (Å²) in [6.45, 7) is 3.68. The van der Waals surface area contributed by atoms with E-state index in [-0.39, 0.29) is 102 Å². The number of carbonyl (C=O) groups is 6. The van der Waals surface area contributed by atoms with Crippen LogP contribution in [0.1, 0.15) is 85.2 Å². The summed E-state index contributed by atoms with van der Waals surface area (Å²) in [4.78, 5) is 105. The molecule has 0 fully saturated rings. The first-order chi connectivity index (χ1) is 34.8.